The Morgan fingerprint density at radius 2 is 1.37 bits per heavy atom. The van der Waals surface area contributed by atoms with E-state index < -0.39 is 50.6 Å². The summed E-state index contributed by atoms with van der Waals surface area (Å²) in [6.07, 6.45) is 1.78. The smallest absolute Gasteiger partial charge is 0.355 e. The first-order chi connectivity index (χ1) is 23.8. The lowest BCUT2D eigenvalue weighted by atomic mass is 9.76. The summed E-state index contributed by atoms with van der Waals surface area (Å²) in [4.78, 5) is 41.5. The molecule has 1 fully saturated rings. The van der Waals surface area contributed by atoms with Crippen LogP contribution in [0.25, 0.3) is 0 Å². The van der Waals surface area contributed by atoms with Crippen molar-refractivity contribution < 1.29 is 33.1 Å². The van der Waals surface area contributed by atoms with E-state index in [1.165, 1.54) is 23.6 Å². The molecule has 4 atom stereocenters. The first-order valence-electron chi connectivity index (χ1n) is 15.7. The predicted molar refractivity (Wildman–Crippen MR) is 189 cm³/mol. The Morgan fingerprint density at radius 1 is 0.837 bits per heavy atom. The molecular formula is C38H36N2O7S2. The largest absolute Gasteiger partial charge is 0.614 e. The minimum Gasteiger partial charge on any atom is -0.614 e. The van der Waals surface area contributed by atoms with Gasteiger partial charge in [-0.15, -0.1) is 11.8 Å². The first kappa shape index (κ1) is 34.3. The Balaban J connectivity index is 1.41. The van der Waals surface area contributed by atoms with Gasteiger partial charge in [0.15, 0.2) is 10.6 Å². The highest BCUT2D eigenvalue weighted by molar-refractivity contribution is 8.13. The summed E-state index contributed by atoms with van der Waals surface area (Å²) in [5.41, 5.74) is 2.55. The number of hydrogen-bond acceptors (Lipinski definition) is 9. The van der Waals surface area contributed by atoms with Gasteiger partial charge in [-0.05, 0) is 51.8 Å². The van der Waals surface area contributed by atoms with Gasteiger partial charge >= 0.3 is 11.9 Å². The molecule has 1 N–H and O–H groups in total. The number of fused-ring (bicyclic) bond motifs is 1. The molecule has 0 aliphatic carbocycles. The maximum absolute atomic E-state index is 14.5. The third-order valence-electron chi connectivity index (χ3n) is 8.68. The van der Waals surface area contributed by atoms with Crippen molar-refractivity contribution in [3.05, 3.63) is 149 Å². The van der Waals surface area contributed by atoms with Crippen molar-refractivity contribution in [2.45, 2.75) is 35.1 Å². The van der Waals surface area contributed by atoms with Crippen molar-refractivity contribution in [2.75, 3.05) is 20.0 Å². The molecule has 4 aromatic carbocycles. The van der Waals surface area contributed by atoms with E-state index in [2.05, 4.69) is 5.32 Å². The zero-order valence-electron chi connectivity index (χ0n) is 27.2. The lowest BCUT2D eigenvalue weighted by Crippen LogP contribution is -2.77. The molecule has 11 heteroatoms. The summed E-state index contributed by atoms with van der Waals surface area (Å²) in [5.74, 6) is -1.13. The Kier molecular flexibility index (Phi) is 10.4. The van der Waals surface area contributed by atoms with Crippen molar-refractivity contribution in [2.24, 2.45) is 0 Å². The minimum absolute atomic E-state index is 0.0495. The van der Waals surface area contributed by atoms with Crippen LogP contribution in [0.5, 0.6) is 5.75 Å². The molecule has 49 heavy (non-hydrogen) atoms. The van der Waals surface area contributed by atoms with Gasteiger partial charge in [0.2, 0.25) is 5.37 Å². The Hall–Kier alpha value is -4.55. The lowest BCUT2D eigenvalue weighted by molar-refractivity contribution is -0.153. The number of rotatable bonds is 12. The zero-order valence-corrected chi connectivity index (χ0v) is 28.9. The number of carbonyl (C=O) groups is 3. The number of β-lactam (4-membered cyclic amide) rings is 1. The van der Waals surface area contributed by atoms with Gasteiger partial charge in [-0.25, -0.2) is 4.79 Å². The molecule has 0 aromatic heterocycles. The molecular weight excluding hydrogens is 661 g/mol. The van der Waals surface area contributed by atoms with Crippen LogP contribution in [0.3, 0.4) is 0 Å². The van der Waals surface area contributed by atoms with Gasteiger partial charge in [-0.3, -0.25) is 19.8 Å². The van der Waals surface area contributed by atoms with Gasteiger partial charge in [-0.2, -0.15) is 0 Å². The van der Waals surface area contributed by atoms with Gasteiger partial charge in [-0.1, -0.05) is 103 Å². The van der Waals surface area contributed by atoms with Crippen LogP contribution in [-0.2, 0) is 47.2 Å². The summed E-state index contributed by atoms with van der Waals surface area (Å²) in [7, 11) is 1.56. The van der Waals surface area contributed by atoms with Crippen molar-refractivity contribution in [3.63, 3.8) is 0 Å². The highest BCUT2D eigenvalue weighted by atomic mass is 32.3. The third-order valence-corrected chi connectivity index (χ3v) is 12.2. The Labute approximate surface area is 292 Å². The van der Waals surface area contributed by atoms with Crippen LogP contribution in [-0.4, -0.2) is 63.3 Å². The van der Waals surface area contributed by atoms with E-state index in [9.17, 15) is 18.9 Å². The summed E-state index contributed by atoms with van der Waals surface area (Å²) in [6, 6.07) is 35.5. The highest BCUT2D eigenvalue weighted by Crippen LogP contribution is 2.46. The fourth-order valence-electron chi connectivity index (χ4n) is 6.37. The minimum atomic E-state index is -1.71. The molecule has 1 saturated heterocycles. The number of nitrogens with one attached hydrogen (secondary N) is 1. The number of nitrogens with zero attached hydrogens (tertiary/aromatic N) is 1. The van der Waals surface area contributed by atoms with Crippen LogP contribution in [0, 0.1) is 0 Å². The van der Waals surface area contributed by atoms with Crippen LogP contribution in [0.15, 0.2) is 127 Å². The second-order valence-corrected chi connectivity index (χ2v) is 14.4. The summed E-state index contributed by atoms with van der Waals surface area (Å²) in [6.45, 7) is 0.869. The number of hydrogen-bond donors (Lipinski definition) is 1. The van der Waals surface area contributed by atoms with Gasteiger partial charge in [0.1, 0.15) is 24.7 Å². The zero-order chi connectivity index (χ0) is 34.5. The van der Waals surface area contributed by atoms with E-state index in [0.717, 1.165) is 16.7 Å². The SMILES string of the molecule is COc1ccc(COC(=O)C2=C(COC(C)=O)C(SC)[S+]([O-])[C@@H]3[C@H](NC(c4ccccc4)(c4ccccc4)c4ccccc4)C(=O)N23)cc1. The molecule has 9 nitrogen and oxygen atoms in total. The van der Waals surface area contributed by atoms with Crippen LogP contribution in [0.4, 0.5) is 0 Å². The van der Waals surface area contributed by atoms with Gasteiger partial charge in [0.05, 0.1) is 18.2 Å². The molecule has 2 aliphatic heterocycles. The second kappa shape index (κ2) is 14.9. The summed E-state index contributed by atoms with van der Waals surface area (Å²) >= 11 is -0.445. The molecule has 0 radical (unpaired) electrons. The molecule has 252 valence electrons. The number of thioether (sulfide) groups is 1. The molecule has 6 rings (SSSR count). The predicted octanol–water partition coefficient (Wildman–Crippen LogP) is 5.13. The van der Waals surface area contributed by atoms with Crippen molar-refractivity contribution in [1.82, 2.24) is 10.2 Å². The number of methoxy groups -OCH3 is 1. The normalized spacial score (nSPS) is 20.2. The number of carbonyl (C=O) groups excluding carboxylic acids is 3. The standard InChI is InChI=1S/C38H36N2O7S2/c1-25(41)46-24-31-33(36(43)47-23-26-19-21-30(45-2)22-20-26)40-34(42)32(35(40)49(44)37(31)48-3)39-38(27-13-7-4-8-14-27,28-15-9-5-10-16-28)29-17-11-6-12-18-29/h4-22,32,35,37,39H,23-24H2,1-3H3/t32-,35-,37?,49?/m1/s1. The lowest BCUT2D eigenvalue weighted by Gasteiger charge is -2.53. The summed E-state index contributed by atoms with van der Waals surface area (Å²) in [5, 5.41) is 2.76. The Morgan fingerprint density at radius 3 is 1.84 bits per heavy atom. The second-order valence-electron chi connectivity index (χ2n) is 11.5. The van der Waals surface area contributed by atoms with E-state index in [0.29, 0.717) is 11.3 Å². The van der Waals surface area contributed by atoms with E-state index in [4.69, 9.17) is 14.2 Å². The van der Waals surface area contributed by atoms with Gasteiger partial charge in [0.25, 0.3) is 5.91 Å². The van der Waals surface area contributed by atoms with Crippen molar-refractivity contribution in [3.8, 4) is 5.75 Å². The van der Waals surface area contributed by atoms with Crippen LogP contribution < -0.4 is 10.1 Å². The maximum atomic E-state index is 14.5. The first-order valence-corrected chi connectivity index (χ1v) is 18.2. The van der Waals surface area contributed by atoms with E-state index in [1.807, 2.05) is 91.0 Å². The Bertz CT molecular complexity index is 1720. The molecule has 0 bridgehead atoms. The number of amides is 1. The van der Waals surface area contributed by atoms with Crippen LogP contribution >= 0.6 is 11.8 Å². The molecule has 1 amide bonds. The number of ether oxygens (including phenoxy) is 3. The number of esters is 2. The van der Waals surface area contributed by atoms with E-state index >= 15 is 0 Å². The molecule has 2 heterocycles. The quantitative estimate of drug-likeness (QED) is 0.0932. The third kappa shape index (κ3) is 6.59. The van der Waals surface area contributed by atoms with E-state index in [-0.39, 0.29) is 24.5 Å². The molecule has 0 spiro atoms. The monoisotopic (exact) mass is 696 g/mol. The highest BCUT2D eigenvalue weighted by Gasteiger charge is 2.65. The van der Waals surface area contributed by atoms with Crippen LogP contribution in [0.2, 0.25) is 0 Å². The average Bonchev–Trinajstić information content (AvgIpc) is 3.14. The maximum Gasteiger partial charge on any atom is 0.355 e. The molecule has 2 unspecified atom stereocenters. The van der Waals surface area contributed by atoms with Crippen molar-refractivity contribution in [1.29, 1.82) is 0 Å². The molecule has 0 saturated carbocycles. The molecule has 4 aromatic rings. The van der Waals surface area contributed by atoms with Gasteiger partial charge < -0.3 is 18.8 Å². The topological polar surface area (TPSA) is 117 Å². The fraction of sp³-hybridized carbons (Fsp3) is 0.237. The summed E-state index contributed by atoms with van der Waals surface area (Å²) < 4.78 is 30.0. The average molecular weight is 697 g/mol. The van der Waals surface area contributed by atoms with E-state index in [1.54, 1.807) is 37.6 Å². The van der Waals surface area contributed by atoms with Crippen LogP contribution in [0.1, 0.15) is 29.2 Å². The number of benzene rings is 4. The fourth-order valence-corrected chi connectivity index (χ4v) is 9.52. The van der Waals surface area contributed by atoms with Gasteiger partial charge in [0, 0.05) is 6.92 Å². The molecule has 2 aliphatic rings. The van der Waals surface area contributed by atoms with Crippen molar-refractivity contribution >= 4 is 40.8 Å².